The standard InChI is InChI=1S/C28H23ClN2O3S/c1-16(2)34-27(33)24-17(3)30-28-31(25(24)21-13-6-7-14-22(21)29)26(32)23(35-28)15-19-11-8-10-18-9-4-5-12-20(18)19/h4-16,25H,1-3H3. The highest BCUT2D eigenvalue weighted by Gasteiger charge is 2.34. The first-order chi connectivity index (χ1) is 16.8. The average molecular weight is 503 g/mol. The van der Waals surface area contributed by atoms with Gasteiger partial charge in [0.1, 0.15) is 6.04 Å². The molecule has 5 nitrogen and oxygen atoms in total. The average Bonchev–Trinajstić information content (AvgIpc) is 3.13. The molecule has 1 aliphatic heterocycles. The number of carbonyl (C=O) groups is 1. The van der Waals surface area contributed by atoms with Crippen LogP contribution in [0.4, 0.5) is 0 Å². The zero-order chi connectivity index (χ0) is 24.7. The zero-order valence-corrected chi connectivity index (χ0v) is 21.1. The molecule has 0 amide bonds. The number of hydrogen-bond donors (Lipinski definition) is 0. The van der Waals surface area contributed by atoms with Gasteiger partial charge in [0.05, 0.1) is 21.9 Å². The second-order valence-electron chi connectivity index (χ2n) is 8.63. The van der Waals surface area contributed by atoms with Gasteiger partial charge in [0.15, 0.2) is 4.80 Å². The van der Waals surface area contributed by atoms with E-state index in [4.69, 9.17) is 16.3 Å². The van der Waals surface area contributed by atoms with Gasteiger partial charge in [0, 0.05) is 5.02 Å². The number of thiazole rings is 1. The number of ether oxygens (including phenoxy) is 1. The molecule has 1 aliphatic rings. The fourth-order valence-corrected chi connectivity index (χ4v) is 5.65. The Balaban J connectivity index is 1.76. The number of rotatable bonds is 4. The molecular formula is C28H23ClN2O3S. The summed E-state index contributed by atoms with van der Waals surface area (Å²) in [6, 6.07) is 20.6. The van der Waals surface area contributed by atoms with Crippen molar-refractivity contribution in [1.82, 2.24) is 4.57 Å². The van der Waals surface area contributed by atoms with E-state index in [2.05, 4.69) is 4.99 Å². The normalized spacial score (nSPS) is 15.9. The summed E-state index contributed by atoms with van der Waals surface area (Å²) in [5, 5.41) is 2.61. The highest BCUT2D eigenvalue weighted by molar-refractivity contribution is 7.07. The van der Waals surface area contributed by atoms with Crippen LogP contribution in [0.1, 0.15) is 37.9 Å². The number of nitrogens with zero attached hydrogens (tertiary/aromatic N) is 2. The predicted molar refractivity (Wildman–Crippen MR) is 140 cm³/mol. The summed E-state index contributed by atoms with van der Waals surface area (Å²) in [6.45, 7) is 5.35. The Morgan fingerprint density at radius 2 is 1.80 bits per heavy atom. The van der Waals surface area contributed by atoms with E-state index in [9.17, 15) is 9.59 Å². The van der Waals surface area contributed by atoms with Gasteiger partial charge in [-0.2, -0.15) is 0 Å². The number of carbonyl (C=O) groups excluding carboxylic acids is 1. The molecule has 0 fully saturated rings. The van der Waals surface area contributed by atoms with E-state index < -0.39 is 12.0 Å². The van der Waals surface area contributed by atoms with Crippen molar-refractivity contribution in [2.75, 3.05) is 0 Å². The van der Waals surface area contributed by atoms with Crippen LogP contribution in [0.25, 0.3) is 16.8 Å². The van der Waals surface area contributed by atoms with Crippen molar-refractivity contribution in [3.05, 3.63) is 114 Å². The second-order valence-corrected chi connectivity index (χ2v) is 10.0. The number of benzene rings is 3. The Morgan fingerprint density at radius 3 is 2.57 bits per heavy atom. The summed E-state index contributed by atoms with van der Waals surface area (Å²) in [5.41, 5.74) is 2.19. The SMILES string of the molecule is CC1=C(C(=O)OC(C)C)C(c2ccccc2Cl)n2c(sc(=Cc3cccc4ccccc34)c2=O)=N1. The van der Waals surface area contributed by atoms with Gasteiger partial charge in [-0.25, -0.2) is 9.79 Å². The van der Waals surface area contributed by atoms with E-state index in [0.717, 1.165) is 16.3 Å². The summed E-state index contributed by atoms with van der Waals surface area (Å²) >= 11 is 7.88. The Kier molecular flexibility index (Phi) is 6.17. The van der Waals surface area contributed by atoms with Crippen LogP contribution in [0.15, 0.2) is 87.8 Å². The fourth-order valence-electron chi connectivity index (χ4n) is 4.37. The van der Waals surface area contributed by atoms with Gasteiger partial charge in [-0.15, -0.1) is 0 Å². The molecule has 176 valence electrons. The summed E-state index contributed by atoms with van der Waals surface area (Å²) < 4.78 is 7.63. The van der Waals surface area contributed by atoms with E-state index in [1.807, 2.05) is 66.7 Å². The monoisotopic (exact) mass is 502 g/mol. The largest absolute Gasteiger partial charge is 0.459 e. The number of esters is 1. The molecule has 7 heteroatoms. The van der Waals surface area contributed by atoms with Crippen molar-refractivity contribution in [1.29, 1.82) is 0 Å². The van der Waals surface area contributed by atoms with Gasteiger partial charge >= 0.3 is 5.97 Å². The van der Waals surface area contributed by atoms with Crippen molar-refractivity contribution in [2.24, 2.45) is 4.99 Å². The van der Waals surface area contributed by atoms with Crippen LogP contribution in [0.2, 0.25) is 5.02 Å². The van der Waals surface area contributed by atoms with Gasteiger partial charge in [0.2, 0.25) is 0 Å². The lowest BCUT2D eigenvalue weighted by molar-refractivity contribution is -0.143. The van der Waals surface area contributed by atoms with E-state index in [0.29, 0.717) is 31.2 Å². The number of allylic oxidation sites excluding steroid dienone is 1. The molecule has 0 aliphatic carbocycles. The molecule has 0 saturated carbocycles. The van der Waals surface area contributed by atoms with Crippen LogP contribution in [0, 0.1) is 0 Å². The van der Waals surface area contributed by atoms with E-state index in [1.165, 1.54) is 11.3 Å². The topological polar surface area (TPSA) is 60.7 Å². The summed E-state index contributed by atoms with van der Waals surface area (Å²) in [6.07, 6.45) is 1.58. The molecule has 0 saturated heterocycles. The predicted octanol–water partition coefficient (Wildman–Crippen LogP) is 4.99. The highest BCUT2D eigenvalue weighted by atomic mass is 35.5. The first kappa shape index (κ1) is 23.3. The molecule has 1 atom stereocenters. The minimum absolute atomic E-state index is 0.228. The first-order valence-electron chi connectivity index (χ1n) is 11.3. The van der Waals surface area contributed by atoms with Gasteiger partial charge in [-0.1, -0.05) is 83.6 Å². The quantitative estimate of drug-likeness (QED) is 0.369. The molecule has 0 N–H and O–H groups in total. The van der Waals surface area contributed by atoms with Gasteiger partial charge in [0.25, 0.3) is 5.56 Å². The van der Waals surface area contributed by atoms with Gasteiger partial charge in [-0.3, -0.25) is 9.36 Å². The highest BCUT2D eigenvalue weighted by Crippen LogP contribution is 2.34. The van der Waals surface area contributed by atoms with Crippen LogP contribution in [0.5, 0.6) is 0 Å². The van der Waals surface area contributed by atoms with Gasteiger partial charge in [-0.05, 0) is 54.8 Å². The van der Waals surface area contributed by atoms with Crippen molar-refractivity contribution in [3.63, 3.8) is 0 Å². The maximum Gasteiger partial charge on any atom is 0.338 e. The lowest BCUT2D eigenvalue weighted by atomic mass is 9.96. The molecule has 3 aromatic carbocycles. The van der Waals surface area contributed by atoms with Crippen LogP contribution in [0.3, 0.4) is 0 Å². The van der Waals surface area contributed by atoms with Crippen LogP contribution in [-0.2, 0) is 9.53 Å². The van der Waals surface area contributed by atoms with Crippen LogP contribution >= 0.6 is 22.9 Å². The number of fused-ring (bicyclic) bond motifs is 2. The third-order valence-corrected chi connectivity index (χ3v) is 7.22. The zero-order valence-electron chi connectivity index (χ0n) is 19.5. The van der Waals surface area contributed by atoms with Crippen LogP contribution < -0.4 is 14.9 Å². The van der Waals surface area contributed by atoms with Crippen molar-refractivity contribution < 1.29 is 9.53 Å². The van der Waals surface area contributed by atoms with E-state index in [1.54, 1.807) is 31.4 Å². The van der Waals surface area contributed by atoms with E-state index in [-0.39, 0.29) is 11.7 Å². The Morgan fingerprint density at radius 1 is 1.09 bits per heavy atom. The molecular weight excluding hydrogens is 480 g/mol. The minimum Gasteiger partial charge on any atom is -0.459 e. The maximum absolute atomic E-state index is 13.8. The fraction of sp³-hybridized carbons (Fsp3) is 0.179. The summed E-state index contributed by atoms with van der Waals surface area (Å²) in [5.74, 6) is -0.505. The lowest BCUT2D eigenvalue weighted by Crippen LogP contribution is -2.40. The molecule has 1 aromatic heterocycles. The third kappa shape index (κ3) is 4.24. The lowest BCUT2D eigenvalue weighted by Gasteiger charge is -2.26. The molecule has 0 bridgehead atoms. The number of halogens is 1. The maximum atomic E-state index is 13.8. The van der Waals surface area contributed by atoms with Gasteiger partial charge < -0.3 is 4.74 Å². The Bertz CT molecular complexity index is 1680. The summed E-state index contributed by atoms with van der Waals surface area (Å²) in [4.78, 5) is 32.1. The first-order valence-corrected chi connectivity index (χ1v) is 12.5. The molecule has 1 unspecified atom stereocenters. The third-order valence-electron chi connectivity index (χ3n) is 5.89. The Hall–Kier alpha value is -3.48. The van der Waals surface area contributed by atoms with Crippen LogP contribution in [-0.4, -0.2) is 16.6 Å². The molecule has 0 spiro atoms. The van der Waals surface area contributed by atoms with Crippen molar-refractivity contribution >= 4 is 45.8 Å². The number of hydrogen-bond acceptors (Lipinski definition) is 5. The molecule has 2 heterocycles. The minimum atomic E-state index is -0.735. The molecule has 35 heavy (non-hydrogen) atoms. The Labute approximate surface area is 211 Å². The van der Waals surface area contributed by atoms with Crippen molar-refractivity contribution in [2.45, 2.75) is 32.9 Å². The summed E-state index contributed by atoms with van der Waals surface area (Å²) in [7, 11) is 0. The molecule has 0 radical (unpaired) electrons. The van der Waals surface area contributed by atoms with Crippen molar-refractivity contribution in [3.8, 4) is 0 Å². The molecule has 5 rings (SSSR count). The second kappa shape index (κ2) is 9.29. The molecule has 4 aromatic rings. The number of aromatic nitrogens is 1. The smallest absolute Gasteiger partial charge is 0.338 e. The van der Waals surface area contributed by atoms with E-state index >= 15 is 0 Å².